The lowest BCUT2D eigenvalue weighted by molar-refractivity contribution is -0.115. The van der Waals surface area contributed by atoms with Gasteiger partial charge >= 0.3 is 6.09 Å². The normalized spacial score (nSPS) is 20.5. The minimum Gasteiger partial charge on any atom is -0.444 e. The van der Waals surface area contributed by atoms with E-state index in [-0.39, 0.29) is 29.1 Å². The average Bonchev–Trinajstić information content (AvgIpc) is 2.70. The van der Waals surface area contributed by atoms with Crippen molar-refractivity contribution in [3.8, 4) is 0 Å². The number of benzene rings is 1. The van der Waals surface area contributed by atoms with Crippen LogP contribution in [0.25, 0.3) is 0 Å². The van der Waals surface area contributed by atoms with Crippen molar-refractivity contribution in [3.05, 3.63) is 47.0 Å². The first kappa shape index (κ1) is 26.7. The van der Waals surface area contributed by atoms with Gasteiger partial charge in [0.15, 0.2) is 14.1 Å². The monoisotopic (exact) mass is 485 g/mol. The van der Waals surface area contributed by atoms with Gasteiger partial charge in [0.25, 0.3) is 0 Å². The van der Waals surface area contributed by atoms with E-state index >= 15 is 0 Å². The topological polar surface area (TPSA) is 55.8 Å². The molecule has 1 aromatic rings. The molecule has 34 heavy (non-hydrogen) atoms. The van der Waals surface area contributed by atoms with Crippen LogP contribution in [0.15, 0.2) is 35.9 Å². The molecule has 0 bridgehead atoms. The van der Waals surface area contributed by atoms with Crippen molar-refractivity contribution in [2.75, 3.05) is 0 Å². The van der Waals surface area contributed by atoms with Gasteiger partial charge in [-0.1, -0.05) is 50.6 Å². The SMILES string of the molecule is CC(C)(C)OC(=O)N1Cc2ccccc2C[C@H]1[C@@H](CC1=CC(=O)CCC1)O[Si](C)(C)C(C)(C)C. The fourth-order valence-electron chi connectivity index (χ4n) is 4.49. The number of rotatable bonds is 5. The minimum atomic E-state index is -2.15. The molecule has 0 unspecified atom stereocenters. The molecular weight excluding hydrogens is 442 g/mol. The smallest absolute Gasteiger partial charge is 0.410 e. The zero-order valence-corrected chi connectivity index (χ0v) is 23.4. The Hall–Kier alpha value is -1.92. The van der Waals surface area contributed by atoms with E-state index in [1.165, 1.54) is 5.56 Å². The molecule has 0 spiro atoms. The van der Waals surface area contributed by atoms with Crippen molar-refractivity contribution in [1.82, 2.24) is 4.90 Å². The predicted molar refractivity (Wildman–Crippen MR) is 139 cm³/mol. The van der Waals surface area contributed by atoms with Gasteiger partial charge < -0.3 is 9.16 Å². The molecule has 2 atom stereocenters. The van der Waals surface area contributed by atoms with E-state index in [0.717, 1.165) is 30.4 Å². The summed E-state index contributed by atoms with van der Waals surface area (Å²) >= 11 is 0. The Morgan fingerprint density at radius 2 is 1.74 bits per heavy atom. The highest BCUT2D eigenvalue weighted by Gasteiger charge is 2.44. The minimum absolute atomic E-state index is 0.0331. The third-order valence-electron chi connectivity index (χ3n) is 7.35. The average molecular weight is 486 g/mol. The summed E-state index contributed by atoms with van der Waals surface area (Å²) in [4.78, 5) is 27.5. The molecule has 0 radical (unpaired) electrons. The van der Waals surface area contributed by atoms with E-state index in [1.807, 2.05) is 37.8 Å². The zero-order chi connectivity index (χ0) is 25.3. The number of amides is 1. The Morgan fingerprint density at radius 3 is 2.32 bits per heavy atom. The maximum absolute atomic E-state index is 13.4. The van der Waals surface area contributed by atoms with Crippen molar-refractivity contribution >= 4 is 20.2 Å². The maximum Gasteiger partial charge on any atom is 0.410 e. The van der Waals surface area contributed by atoms with E-state index < -0.39 is 13.9 Å². The molecular formula is C28H43NO4Si. The molecule has 0 aromatic heterocycles. The largest absolute Gasteiger partial charge is 0.444 e. The van der Waals surface area contributed by atoms with Crippen molar-refractivity contribution in [2.24, 2.45) is 0 Å². The molecule has 0 saturated heterocycles. The number of nitrogens with zero attached hydrogens (tertiary/aromatic N) is 1. The van der Waals surface area contributed by atoms with E-state index in [1.54, 1.807) is 0 Å². The lowest BCUT2D eigenvalue weighted by Gasteiger charge is -2.46. The Kier molecular flexibility index (Phi) is 7.83. The number of fused-ring (bicyclic) bond motifs is 1. The summed E-state index contributed by atoms with van der Waals surface area (Å²) in [6.45, 7) is 17.4. The summed E-state index contributed by atoms with van der Waals surface area (Å²) in [5, 5.41) is 0.0331. The summed E-state index contributed by atoms with van der Waals surface area (Å²) in [5.41, 5.74) is 2.97. The molecule has 2 aliphatic rings. The van der Waals surface area contributed by atoms with Gasteiger partial charge in [-0.05, 0) is 81.8 Å². The fraction of sp³-hybridized carbons (Fsp3) is 0.643. The van der Waals surface area contributed by atoms with Crippen LogP contribution in [-0.4, -0.2) is 42.8 Å². The first-order valence-electron chi connectivity index (χ1n) is 12.6. The predicted octanol–water partition coefficient (Wildman–Crippen LogP) is 6.81. The molecule has 0 saturated carbocycles. The molecule has 188 valence electrons. The van der Waals surface area contributed by atoms with Crippen LogP contribution in [0.1, 0.15) is 78.4 Å². The summed E-state index contributed by atoms with van der Waals surface area (Å²) in [6.07, 6.45) is 5.14. The first-order valence-corrected chi connectivity index (χ1v) is 15.5. The van der Waals surface area contributed by atoms with Gasteiger partial charge in [0.05, 0.1) is 12.1 Å². The standard InChI is InChI=1S/C28H43NO4Si/c1-27(2,3)32-26(31)29-19-22-14-10-9-13-21(22)18-24(29)25(33-34(7,8)28(4,5)6)17-20-12-11-15-23(30)16-20/h9-10,13-14,16,24-25H,11-12,15,17-19H2,1-8H3/t24-,25+/m0/s1. The molecule has 1 aliphatic carbocycles. The molecule has 1 heterocycles. The van der Waals surface area contributed by atoms with Crippen LogP contribution in [0.2, 0.25) is 18.1 Å². The lowest BCUT2D eigenvalue weighted by Crippen LogP contribution is -2.56. The molecule has 3 rings (SSSR count). The summed E-state index contributed by atoms with van der Waals surface area (Å²) < 4.78 is 12.9. The molecule has 6 heteroatoms. The number of ketones is 1. The van der Waals surface area contributed by atoms with Crippen LogP contribution in [-0.2, 0) is 26.9 Å². The third-order valence-corrected chi connectivity index (χ3v) is 11.9. The second kappa shape index (κ2) is 9.98. The molecule has 0 N–H and O–H groups in total. The van der Waals surface area contributed by atoms with Gasteiger partial charge in [0.2, 0.25) is 0 Å². The van der Waals surface area contributed by atoms with E-state index in [2.05, 4.69) is 52.1 Å². The van der Waals surface area contributed by atoms with Crippen molar-refractivity contribution in [1.29, 1.82) is 0 Å². The Bertz CT molecular complexity index is 938. The van der Waals surface area contributed by atoms with Gasteiger partial charge in [-0.15, -0.1) is 0 Å². The van der Waals surface area contributed by atoms with Gasteiger partial charge in [0.1, 0.15) is 5.60 Å². The highest BCUT2D eigenvalue weighted by Crippen LogP contribution is 2.40. The molecule has 1 aliphatic heterocycles. The van der Waals surface area contributed by atoms with Gasteiger partial charge in [-0.25, -0.2) is 4.79 Å². The summed E-state index contributed by atoms with van der Waals surface area (Å²) in [7, 11) is -2.15. The summed E-state index contributed by atoms with van der Waals surface area (Å²) in [5.74, 6) is 0.199. The molecule has 1 aromatic carbocycles. The van der Waals surface area contributed by atoms with Gasteiger partial charge in [-0.3, -0.25) is 9.69 Å². The number of hydrogen-bond acceptors (Lipinski definition) is 4. The van der Waals surface area contributed by atoms with Gasteiger partial charge in [-0.2, -0.15) is 0 Å². The Balaban J connectivity index is 2.01. The quantitative estimate of drug-likeness (QED) is 0.430. The summed E-state index contributed by atoms with van der Waals surface area (Å²) in [6, 6.07) is 8.17. The number of carbonyl (C=O) groups excluding carboxylic acids is 2. The lowest BCUT2D eigenvalue weighted by atomic mass is 9.87. The van der Waals surface area contributed by atoms with E-state index in [4.69, 9.17) is 9.16 Å². The van der Waals surface area contributed by atoms with Crippen LogP contribution in [0.3, 0.4) is 0 Å². The molecule has 1 amide bonds. The van der Waals surface area contributed by atoms with Gasteiger partial charge in [0, 0.05) is 13.0 Å². The van der Waals surface area contributed by atoms with Crippen molar-refractivity contribution < 1.29 is 18.8 Å². The van der Waals surface area contributed by atoms with E-state index in [0.29, 0.717) is 19.4 Å². The zero-order valence-electron chi connectivity index (χ0n) is 22.4. The maximum atomic E-state index is 13.4. The second-order valence-electron chi connectivity index (χ2n) is 12.4. The van der Waals surface area contributed by atoms with Crippen LogP contribution in [0.5, 0.6) is 0 Å². The van der Waals surface area contributed by atoms with Crippen LogP contribution in [0.4, 0.5) is 4.79 Å². The highest BCUT2D eigenvalue weighted by atomic mass is 28.4. The molecule has 0 fully saturated rings. The number of allylic oxidation sites excluding steroid dienone is 1. The van der Waals surface area contributed by atoms with Crippen LogP contribution >= 0.6 is 0 Å². The number of carbonyl (C=O) groups is 2. The Labute approximate surface area is 207 Å². The molecule has 5 nitrogen and oxygen atoms in total. The number of ether oxygens (including phenoxy) is 1. The van der Waals surface area contributed by atoms with Crippen molar-refractivity contribution in [3.63, 3.8) is 0 Å². The van der Waals surface area contributed by atoms with E-state index in [9.17, 15) is 9.59 Å². The number of hydrogen-bond donors (Lipinski definition) is 0. The first-order chi connectivity index (χ1) is 15.7. The van der Waals surface area contributed by atoms with Crippen LogP contribution in [0, 0.1) is 0 Å². The second-order valence-corrected chi connectivity index (χ2v) is 17.1. The fourth-order valence-corrected chi connectivity index (χ4v) is 5.84. The van der Waals surface area contributed by atoms with Crippen LogP contribution < -0.4 is 0 Å². The highest BCUT2D eigenvalue weighted by molar-refractivity contribution is 6.74. The Morgan fingerprint density at radius 1 is 1.09 bits per heavy atom. The third kappa shape index (κ3) is 6.60. The van der Waals surface area contributed by atoms with Crippen molar-refractivity contribution in [2.45, 2.75) is 116 Å².